The number of hydrogen-bond donors (Lipinski definition) is 2. The second-order valence-electron chi connectivity index (χ2n) is 5.47. The van der Waals surface area contributed by atoms with Crippen molar-refractivity contribution in [1.29, 1.82) is 0 Å². The van der Waals surface area contributed by atoms with Crippen molar-refractivity contribution in [2.45, 2.75) is 19.9 Å². The Morgan fingerprint density at radius 2 is 2.21 bits per heavy atom. The lowest BCUT2D eigenvalue weighted by atomic mass is 10.2. The molecule has 0 amide bonds. The molecule has 0 saturated carbocycles. The van der Waals surface area contributed by atoms with Crippen LogP contribution in [0.4, 0.5) is 4.39 Å². The van der Waals surface area contributed by atoms with E-state index < -0.39 is 23.2 Å². The molecular weight excluding hydrogens is 313 g/mol. The van der Waals surface area contributed by atoms with Crippen molar-refractivity contribution in [2.24, 2.45) is 4.99 Å². The molecule has 0 aliphatic rings. The first-order valence-corrected chi connectivity index (χ1v) is 7.31. The number of phenolic OH excluding ortho intramolecular Hbond substituents is 1. The van der Waals surface area contributed by atoms with Gasteiger partial charge in [-0.1, -0.05) is 6.58 Å². The fraction of sp³-hybridized carbons (Fsp3) is 0.312. The lowest BCUT2D eigenvalue weighted by molar-refractivity contribution is 0.435. The van der Waals surface area contributed by atoms with Crippen molar-refractivity contribution >= 4 is 16.7 Å². The van der Waals surface area contributed by atoms with Crippen LogP contribution in [0.2, 0.25) is 0 Å². The molecule has 0 saturated heterocycles. The molecule has 1 atom stereocenters. The second kappa shape index (κ2) is 6.69. The highest BCUT2D eigenvalue weighted by molar-refractivity contribution is 5.81. The third kappa shape index (κ3) is 3.08. The van der Waals surface area contributed by atoms with E-state index in [4.69, 9.17) is 0 Å². The Morgan fingerprint density at radius 3 is 2.79 bits per heavy atom. The topological polar surface area (TPSA) is 82.8 Å². The maximum atomic E-state index is 14.2. The Bertz CT molecular complexity index is 873. The first kappa shape index (κ1) is 17.5. The molecule has 2 aromatic rings. The number of fused-ring (bicyclic) bond motifs is 1. The van der Waals surface area contributed by atoms with Gasteiger partial charge < -0.3 is 15.4 Å². The third-order valence-electron chi connectivity index (χ3n) is 3.43. The predicted molar refractivity (Wildman–Crippen MR) is 92.5 cm³/mol. The van der Waals surface area contributed by atoms with Gasteiger partial charge in [0.15, 0.2) is 17.4 Å². The standard InChI is InChI=1S/C16H20FN5O2/c1-6-18-10(3)19-9(2)15-20-11-7-8-12(23)14(17)13(11)16(24)22(15)21(4)5/h6-9,23H,1H2,2-5H3,(H,18,19). The summed E-state index contributed by atoms with van der Waals surface area (Å²) in [6, 6.07) is 2.12. The highest BCUT2D eigenvalue weighted by Crippen LogP contribution is 2.23. The Morgan fingerprint density at radius 1 is 1.54 bits per heavy atom. The molecule has 0 aliphatic carbocycles. The number of rotatable bonds is 4. The molecule has 0 aliphatic heterocycles. The zero-order valence-electron chi connectivity index (χ0n) is 14.0. The van der Waals surface area contributed by atoms with E-state index in [1.165, 1.54) is 28.0 Å². The summed E-state index contributed by atoms with van der Waals surface area (Å²) >= 11 is 0. The summed E-state index contributed by atoms with van der Waals surface area (Å²) in [5.74, 6) is -0.605. The molecule has 1 unspecified atom stereocenters. The second-order valence-corrected chi connectivity index (χ2v) is 5.47. The highest BCUT2D eigenvalue weighted by Gasteiger charge is 2.21. The minimum atomic E-state index is -0.979. The van der Waals surface area contributed by atoms with Gasteiger partial charge in [-0.15, -0.1) is 0 Å². The first-order chi connectivity index (χ1) is 11.3. The molecule has 1 aromatic carbocycles. The number of halogens is 1. The number of phenols is 1. The van der Waals surface area contributed by atoms with Crippen molar-refractivity contribution < 1.29 is 9.50 Å². The van der Waals surface area contributed by atoms with E-state index in [9.17, 15) is 14.3 Å². The number of nitrogens with zero attached hydrogens (tertiary/aromatic N) is 4. The number of benzene rings is 1. The van der Waals surface area contributed by atoms with Crippen LogP contribution in [-0.2, 0) is 0 Å². The molecule has 8 heteroatoms. The molecule has 0 bridgehead atoms. The molecule has 24 heavy (non-hydrogen) atoms. The van der Waals surface area contributed by atoms with Crippen molar-refractivity contribution in [3.05, 3.63) is 46.9 Å². The summed E-state index contributed by atoms with van der Waals surface area (Å²) < 4.78 is 15.4. The van der Waals surface area contributed by atoms with E-state index in [-0.39, 0.29) is 10.9 Å². The van der Waals surface area contributed by atoms with E-state index in [1.54, 1.807) is 27.9 Å². The van der Waals surface area contributed by atoms with Crippen LogP contribution in [0.5, 0.6) is 5.75 Å². The largest absolute Gasteiger partial charge is 0.505 e. The van der Waals surface area contributed by atoms with Gasteiger partial charge in [-0.2, -0.15) is 0 Å². The van der Waals surface area contributed by atoms with Gasteiger partial charge in [-0.05, 0) is 32.2 Å². The Kier molecular flexibility index (Phi) is 4.87. The van der Waals surface area contributed by atoms with Crippen LogP contribution in [0.15, 0.2) is 34.7 Å². The van der Waals surface area contributed by atoms with Gasteiger partial charge in [-0.3, -0.25) is 9.79 Å². The molecule has 128 valence electrons. The molecule has 2 rings (SSSR count). The molecule has 0 spiro atoms. The summed E-state index contributed by atoms with van der Waals surface area (Å²) in [6.07, 6.45) is 1.50. The number of aromatic nitrogens is 2. The average Bonchev–Trinajstić information content (AvgIpc) is 2.50. The third-order valence-corrected chi connectivity index (χ3v) is 3.43. The number of hydrogen-bond acceptors (Lipinski definition) is 5. The van der Waals surface area contributed by atoms with Crippen LogP contribution < -0.4 is 15.9 Å². The van der Waals surface area contributed by atoms with E-state index in [0.29, 0.717) is 11.7 Å². The van der Waals surface area contributed by atoms with Crippen LogP contribution in [-0.4, -0.2) is 34.7 Å². The maximum absolute atomic E-state index is 14.2. The summed E-state index contributed by atoms with van der Waals surface area (Å²) in [5.41, 5.74) is -0.440. The predicted octanol–water partition coefficient (Wildman–Crippen LogP) is 1.65. The normalized spacial score (nSPS) is 13.0. The number of aromatic hydroxyl groups is 1. The van der Waals surface area contributed by atoms with Crippen LogP contribution in [0.1, 0.15) is 25.7 Å². The molecule has 7 nitrogen and oxygen atoms in total. The van der Waals surface area contributed by atoms with Gasteiger partial charge in [-0.25, -0.2) is 14.1 Å². The monoisotopic (exact) mass is 333 g/mol. The average molecular weight is 333 g/mol. The van der Waals surface area contributed by atoms with Crippen molar-refractivity contribution in [1.82, 2.24) is 15.0 Å². The minimum Gasteiger partial charge on any atom is -0.505 e. The zero-order valence-corrected chi connectivity index (χ0v) is 14.0. The van der Waals surface area contributed by atoms with Crippen molar-refractivity contribution in [2.75, 3.05) is 19.1 Å². The van der Waals surface area contributed by atoms with Gasteiger partial charge in [0, 0.05) is 14.1 Å². The maximum Gasteiger partial charge on any atom is 0.283 e. The van der Waals surface area contributed by atoms with Gasteiger partial charge in [0.05, 0.1) is 11.4 Å². The first-order valence-electron chi connectivity index (χ1n) is 7.31. The molecule has 1 aromatic heterocycles. The van der Waals surface area contributed by atoms with Crippen LogP contribution in [0, 0.1) is 5.82 Å². The van der Waals surface area contributed by atoms with Crippen LogP contribution in [0.3, 0.4) is 0 Å². The molecule has 1 heterocycles. The minimum absolute atomic E-state index is 0.166. The van der Waals surface area contributed by atoms with Gasteiger partial charge >= 0.3 is 0 Å². The number of aliphatic imine (C=N–C) groups is 1. The van der Waals surface area contributed by atoms with E-state index in [2.05, 4.69) is 21.9 Å². The number of nitrogens with one attached hydrogen (secondary N) is 1. The Labute approximate surface area is 138 Å². The van der Waals surface area contributed by atoms with E-state index >= 15 is 0 Å². The molecule has 0 fully saturated rings. The SMILES string of the molecule is C=CNC(C)=NC(C)c1nc2ccc(O)c(F)c2c(=O)n1N(C)C. The lowest BCUT2D eigenvalue weighted by Gasteiger charge is -2.22. The molecular formula is C16H20FN5O2. The number of amidine groups is 1. The van der Waals surface area contributed by atoms with Crippen LogP contribution in [0.25, 0.3) is 10.9 Å². The lowest BCUT2D eigenvalue weighted by Crippen LogP contribution is -2.40. The quantitative estimate of drug-likeness (QED) is 0.657. The summed E-state index contributed by atoms with van der Waals surface area (Å²) in [5, 5.41) is 13.6. The molecule has 2 N–H and O–H groups in total. The fourth-order valence-corrected chi connectivity index (χ4v) is 2.42. The molecule has 0 radical (unpaired) electrons. The Hall–Kier alpha value is -2.90. The summed E-state index contributed by atoms with van der Waals surface area (Å²) in [4.78, 5) is 21.5. The zero-order chi connectivity index (χ0) is 18.0. The highest BCUT2D eigenvalue weighted by atomic mass is 19.1. The van der Waals surface area contributed by atoms with Crippen LogP contribution >= 0.6 is 0 Å². The fourth-order valence-electron chi connectivity index (χ4n) is 2.42. The summed E-state index contributed by atoms with van der Waals surface area (Å²) in [6.45, 7) is 7.10. The van der Waals surface area contributed by atoms with Crippen molar-refractivity contribution in [3.63, 3.8) is 0 Å². The van der Waals surface area contributed by atoms with Gasteiger partial charge in [0.25, 0.3) is 5.56 Å². The van der Waals surface area contributed by atoms with Crippen molar-refractivity contribution in [3.8, 4) is 5.75 Å². The summed E-state index contributed by atoms with van der Waals surface area (Å²) in [7, 11) is 3.29. The van der Waals surface area contributed by atoms with Gasteiger partial charge in [0.2, 0.25) is 0 Å². The Balaban J connectivity index is 2.77. The van der Waals surface area contributed by atoms with Gasteiger partial charge in [0.1, 0.15) is 11.4 Å². The van der Waals surface area contributed by atoms with E-state index in [1.807, 2.05) is 0 Å². The smallest absolute Gasteiger partial charge is 0.283 e. The van der Waals surface area contributed by atoms with E-state index in [0.717, 1.165) is 0 Å².